The van der Waals surface area contributed by atoms with Crippen LogP contribution >= 0.6 is 0 Å². The second-order valence-corrected chi connectivity index (χ2v) is 6.05. The van der Waals surface area contributed by atoms with E-state index in [2.05, 4.69) is 20.2 Å². The summed E-state index contributed by atoms with van der Waals surface area (Å²) in [5.74, 6) is 1.53. The molecule has 0 spiro atoms. The van der Waals surface area contributed by atoms with Gasteiger partial charge in [-0.1, -0.05) is 6.42 Å². The smallest absolute Gasteiger partial charge is 0.218 e. The Morgan fingerprint density at radius 3 is 3.00 bits per heavy atom. The summed E-state index contributed by atoms with van der Waals surface area (Å²) in [4.78, 5) is 11.1. The van der Waals surface area contributed by atoms with Crippen LogP contribution in [0.25, 0.3) is 0 Å². The summed E-state index contributed by atoms with van der Waals surface area (Å²) in [5.41, 5.74) is 0. The Morgan fingerprint density at radius 2 is 2.15 bits per heavy atom. The second kappa shape index (κ2) is 5.95. The van der Waals surface area contributed by atoms with Crippen LogP contribution in [-0.4, -0.2) is 46.1 Å². The molecule has 2 fully saturated rings. The first-order valence-corrected chi connectivity index (χ1v) is 7.71. The Kier molecular flexibility index (Phi) is 4.05. The highest BCUT2D eigenvalue weighted by Gasteiger charge is 2.35. The molecule has 5 heteroatoms. The number of nitrogens with one attached hydrogen (secondary N) is 1. The molecular weight excluding hydrogens is 252 g/mol. The van der Waals surface area contributed by atoms with E-state index in [0.717, 1.165) is 5.82 Å². The molecule has 1 N–H and O–H groups in total. The third kappa shape index (κ3) is 3.03. The van der Waals surface area contributed by atoms with Gasteiger partial charge in [0.15, 0.2) is 0 Å². The number of fused-ring (bicyclic) bond motifs is 1. The minimum atomic E-state index is 0.137. The molecule has 2 aliphatic heterocycles. The molecule has 0 aliphatic carbocycles. The third-order valence-electron chi connectivity index (χ3n) is 4.19. The lowest BCUT2D eigenvalue weighted by Crippen LogP contribution is -2.41. The lowest BCUT2D eigenvalue weighted by atomic mass is 9.99. The van der Waals surface area contributed by atoms with Crippen LogP contribution in [0.15, 0.2) is 12.4 Å². The number of piperidine rings is 1. The number of ether oxygens (including phenoxy) is 1. The molecule has 110 valence electrons. The fourth-order valence-corrected chi connectivity index (χ4v) is 3.33. The van der Waals surface area contributed by atoms with Gasteiger partial charge in [-0.2, -0.15) is 0 Å². The molecule has 2 atom stereocenters. The number of aromatic nitrogens is 2. The molecule has 3 heterocycles. The topological polar surface area (TPSA) is 50.3 Å². The molecule has 2 unspecified atom stereocenters. The van der Waals surface area contributed by atoms with Crippen LogP contribution in [0.1, 0.15) is 39.5 Å². The highest BCUT2D eigenvalue weighted by molar-refractivity contribution is 5.39. The predicted octanol–water partition coefficient (Wildman–Crippen LogP) is 2.30. The van der Waals surface area contributed by atoms with Gasteiger partial charge < -0.3 is 10.1 Å². The molecule has 0 amide bonds. The molecule has 2 saturated heterocycles. The van der Waals surface area contributed by atoms with Crippen LogP contribution in [0.3, 0.4) is 0 Å². The number of nitrogens with zero attached hydrogens (tertiary/aromatic N) is 3. The molecule has 2 aliphatic rings. The van der Waals surface area contributed by atoms with E-state index in [1.807, 2.05) is 19.9 Å². The van der Waals surface area contributed by atoms with Crippen molar-refractivity contribution in [1.82, 2.24) is 14.9 Å². The zero-order valence-corrected chi connectivity index (χ0v) is 12.4. The number of hydrogen-bond donors (Lipinski definition) is 1. The number of hydrogen-bond acceptors (Lipinski definition) is 5. The summed E-state index contributed by atoms with van der Waals surface area (Å²) in [6.07, 6.45) is 6.92. The average Bonchev–Trinajstić information content (AvgIpc) is 2.82. The van der Waals surface area contributed by atoms with E-state index in [-0.39, 0.29) is 6.10 Å². The molecule has 1 aromatic rings. The van der Waals surface area contributed by atoms with E-state index in [1.54, 1.807) is 6.33 Å². The fourth-order valence-electron chi connectivity index (χ4n) is 3.33. The predicted molar refractivity (Wildman–Crippen MR) is 79.0 cm³/mol. The van der Waals surface area contributed by atoms with E-state index < -0.39 is 0 Å². The monoisotopic (exact) mass is 276 g/mol. The first kappa shape index (κ1) is 13.6. The van der Waals surface area contributed by atoms with Crippen molar-refractivity contribution in [3.8, 4) is 5.88 Å². The quantitative estimate of drug-likeness (QED) is 0.914. The van der Waals surface area contributed by atoms with Gasteiger partial charge in [-0.25, -0.2) is 9.97 Å². The summed E-state index contributed by atoms with van der Waals surface area (Å²) >= 11 is 0. The summed E-state index contributed by atoms with van der Waals surface area (Å²) < 4.78 is 5.62. The van der Waals surface area contributed by atoms with Gasteiger partial charge in [-0.15, -0.1) is 0 Å². The maximum atomic E-state index is 5.62. The van der Waals surface area contributed by atoms with Crippen molar-refractivity contribution in [3.63, 3.8) is 0 Å². The first-order valence-electron chi connectivity index (χ1n) is 7.71. The van der Waals surface area contributed by atoms with Gasteiger partial charge in [-0.05, 0) is 39.7 Å². The van der Waals surface area contributed by atoms with Crippen molar-refractivity contribution in [1.29, 1.82) is 0 Å². The van der Waals surface area contributed by atoms with Crippen molar-refractivity contribution in [2.45, 2.75) is 57.7 Å². The Hall–Kier alpha value is -1.36. The minimum absolute atomic E-state index is 0.137. The van der Waals surface area contributed by atoms with Crippen LogP contribution in [0, 0.1) is 0 Å². The minimum Gasteiger partial charge on any atom is -0.475 e. The molecule has 0 radical (unpaired) electrons. The van der Waals surface area contributed by atoms with Crippen LogP contribution in [0.2, 0.25) is 0 Å². The van der Waals surface area contributed by atoms with Gasteiger partial charge in [0.25, 0.3) is 0 Å². The maximum Gasteiger partial charge on any atom is 0.218 e. The lowest BCUT2D eigenvalue weighted by molar-refractivity contribution is 0.192. The molecule has 0 aromatic carbocycles. The Bertz CT molecular complexity index is 451. The maximum absolute atomic E-state index is 5.62. The fraction of sp³-hybridized carbons (Fsp3) is 0.733. The Balaban J connectivity index is 1.65. The molecule has 1 aromatic heterocycles. The zero-order valence-electron chi connectivity index (χ0n) is 12.4. The summed E-state index contributed by atoms with van der Waals surface area (Å²) in [5, 5.41) is 3.58. The SMILES string of the molecule is CC(C)Oc1cc(NC2CCN3CCCCC23)ncn1. The molecule has 20 heavy (non-hydrogen) atoms. The van der Waals surface area contributed by atoms with Gasteiger partial charge in [0, 0.05) is 24.7 Å². The average molecular weight is 276 g/mol. The van der Waals surface area contributed by atoms with Crippen molar-refractivity contribution >= 4 is 5.82 Å². The molecule has 0 bridgehead atoms. The van der Waals surface area contributed by atoms with E-state index in [0.29, 0.717) is 18.0 Å². The number of rotatable bonds is 4. The summed E-state index contributed by atoms with van der Waals surface area (Å²) in [6, 6.07) is 3.09. The van der Waals surface area contributed by atoms with Gasteiger partial charge in [0.1, 0.15) is 12.1 Å². The first-order chi connectivity index (χ1) is 9.72. The van der Waals surface area contributed by atoms with Crippen LogP contribution in [0.4, 0.5) is 5.82 Å². The number of anilines is 1. The van der Waals surface area contributed by atoms with Crippen LogP contribution < -0.4 is 10.1 Å². The van der Waals surface area contributed by atoms with Crippen LogP contribution in [-0.2, 0) is 0 Å². The third-order valence-corrected chi connectivity index (χ3v) is 4.19. The normalized spacial score (nSPS) is 26.6. The standard InChI is InChI=1S/C15H24N4O/c1-11(2)20-15-9-14(16-10-17-15)18-12-6-8-19-7-4-3-5-13(12)19/h9-13H,3-8H2,1-2H3,(H,16,17,18). The van der Waals surface area contributed by atoms with E-state index in [1.165, 1.54) is 38.8 Å². The second-order valence-electron chi connectivity index (χ2n) is 6.05. The largest absolute Gasteiger partial charge is 0.475 e. The summed E-state index contributed by atoms with van der Waals surface area (Å²) in [7, 11) is 0. The van der Waals surface area contributed by atoms with Gasteiger partial charge in [0.05, 0.1) is 6.10 Å². The van der Waals surface area contributed by atoms with Crippen molar-refractivity contribution in [2.75, 3.05) is 18.4 Å². The van der Waals surface area contributed by atoms with E-state index >= 15 is 0 Å². The van der Waals surface area contributed by atoms with Crippen molar-refractivity contribution in [2.24, 2.45) is 0 Å². The van der Waals surface area contributed by atoms with Gasteiger partial charge >= 0.3 is 0 Å². The van der Waals surface area contributed by atoms with Crippen molar-refractivity contribution < 1.29 is 4.74 Å². The van der Waals surface area contributed by atoms with Crippen LogP contribution in [0.5, 0.6) is 5.88 Å². The summed E-state index contributed by atoms with van der Waals surface area (Å²) in [6.45, 7) is 6.48. The highest BCUT2D eigenvalue weighted by atomic mass is 16.5. The molecular formula is C15H24N4O. The van der Waals surface area contributed by atoms with Gasteiger partial charge in [-0.3, -0.25) is 4.90 Å². The molecule has 0 saturated carbocycles. The highest BCUT2D eigenvalue weighted by Crippen LogP contribution is 2.29. The Morgan fingerprint density at radius 1 is 1.25 bits per heavy atom. The Labute approximate surface area is 120 Å². The molecule has 5 nitrogen and oxygen atoms in total. The molecule has 3 rings (SSSR count). The lowest BCUT2D eigenvalue weighted by Gasteiger charge is -2.32. The van der Waals surface area contributed by atoms with Crippen molar-refractivity contribution in [3.05, 3.63) is 12.4 Å². The van der Waals surface area contributed by atoms with E-state index in [9.17, 15) is 0 Å². The zero-order chi connectivity index (χ0) is 13.9. The van der Waals surface area contributed by atoms with E-state index in [4.69, 9.17) is 4.74 Å². The van der Waals surface area contributed by atoms with Gasteiger partial charge in [0.2, 0.25) is 5.88 Å².